The van der Waals surface area contributed by atoms with Crippen LogP contribution in [0.15, 0.2) is 205 Å². The molecule has 0 aliphatic carbocycles. The first-order valence-electron chi connectivity index (χ1n) is 21.8. The Bertz CT molecular complexity index is 3230. The van der Waals surface area contributed by atoms with Crippen LogP contribution >= 0.6 is 0 Å². The Hall–Kier alpha value is -7.16. The zero-order valence-corrected chi connectivity index (χ0v) is 36.4. The van der Waals surface area contributed by atoms with Gasteiger partial charge in [0.05, 0.1) is 11.4 Å². The quantitative estimate of drug-likeness (QED) is 0.160. The van der Waals surface area contributed by atoms with Crippen molar-refractivity contribution in [3.63, 3.8) is 0 Å². The fourth-order valence-corrected chi connectivity index (χ4v) is 9.02. The molecule has 0 spiro atoms. The van der Waals surface area contributed by atoms with E-state index in [-0.39, 0.29) is 10.8 Å². The minimum Gasteiger partial charge on any atom is -0.456 e. The van der Waals surface area contributed by atoms with Crippen LogP contribution in [0.1, 0.15) is 52.7 Å². The van der Waals surface area contributed by atoms with Crippen LogP contribution in [0.25, 0.3) is 77.2 Å². The van der Waals surface area contributed by atoms with Gasteiger partial charge >= 0.3 is 0 Å². The van der Waals surface area contributed by atoms with Gasteiger partial charge in [0.2, 0.25) is 0 Å². The molecule has 62 heavy (non-hydrogen) atoms. The molecule has 0 saturated heterocycles. The van der Waals surface area contributed by atoms with E-state index in [1.807, 2.05) is 12.1 Å². The van der Waals surface area contributed by atoms with Gasteiger partial charge in [-0.25, -0.2) is 0 Å². The molecule has 0 aliphatic rings. The Morgan fingerprint density at radius 3 is 1.63 bits per heavy atom. The third kappa shape index (κ3) is 7.16. The number of anilines is 3. The van der Waals surface area contributed by atoms with Crippen LogP contribution in [0, 0.1) is 0 Å². The third-order valence-corrected chi connectivity index (χ3v) is 12.4. The molecule has 0 amide bonds. The van der Waals surface area contributed by atoms with E-state index in [9.17, 15) is 0 Å². The van der Waals surface area contributed by atoms with Crippen LogP contribution in [-0.2, 0) is 10.8 Å². The summed E-state index contributed by atoms with van der Waals surface area (Å²) >= 11 is 0. The molecule has 0 aliphatic heterocycles. The number of furan rings is 1. The van der Waals surface area contributed by atoms with Crippen LogP contribution < -0.4 is 4.90 Å². The van der Waals surface area contributed by atoms with Crippen LogP contribution in [0.2, 0.25) is 0 Å². The lowest BCUT2D eigenvalue weighted by atomic mass is 9.78. The van der Waals surface area contributed by atoms with Crippen LogP contribution in [0.4, 0.5) is 17.1 Å². The summed E-state index contributed by atoms with van der Waals surface area (Å²) in [6.45, 7) is 13.9. The Labute approximate surface area is 365 Å². The molecule has 0 fully saturated rings. The molecular weight excluding hydrogens is 751 g/mol. The molecule has 302 valence electrons. The minimum absolute atomic E-state index is 0.0299. The van der Waals surface area contributed by atoms with Gasteiger partial charge in [-0.3, -0.25) is 0 Å². The smallest absolute Gasteiger partial charge is 0.135 e. The largest absolute Gasteiger partial charge is 0.456 e. The maximum Gasteiger partial charge on any atom is 0.135 e. The highest BCUT2D eigenvalue weighted by atomic mass is 16.3. The van der Waals surface area contributed by atoms with Crippen molar-refractivity contribution in [1.82, 2.24) is 0 Å². The second-order valence-electron chi connectivity index (χ2n) is 18.6. The second-order valence-corrected chi connectivity index (χ2v) is 18.6. The summed E-state index contributed by atoms with van der Waals surface area (Å²) in [5.74, 6) is 0. The average molecular weight is 802 g/mol. The summed E-state index contributed by atoms with van der Waals surface area (Å²) in [5, 5.41) is 4.70. The zero-order valence-electron chi connectivity index (χ0n) is 36.4. The minimum atomic E-state index is -0.0299. The van der Waals surface area contributed by atoms with Crippen molar-refractivity contribution >= 4 is 49.8 Å². The Morgan fingerprint density at radius 2 is 0.903 bits per heavy atom. The summed E-state index contributed by atoms with van der Waals surface area (Å²) in [7, 11) is 0. The zero-order chi connectivity index (χ0) is 42.6. The van der Waals surface area contributed by atoms with Crippen molar-refractivity contribution in [2.45, 2.75) is 52.4 Å². The van der Waals surface area contributed by atoms with Gasteiger partial charge < -0.3 is 9.32 Å². The van der Waals surface area contributed by atoms with Crippen molar-refractivity contribution < 1.29 is 4.42 Å². The normalized spacial score (nSPS) is 12.0. The third-order valence-electron chi connectivity index (χ3n) is 12.4. The molecule has 0 saturated carbocycles. The van der Waals surface area contributed by atoms with E-state index in [2.05, 4.69) is 234 Å². The van der Waals surface area contributed by atoms with Crippen molar-refractivity contribution in [3.8, 4) is 44.5 Å². The summed E-state index contributed by atoms with van der Waals surface area (Å²) < 4.78 is 6.25. The lowest BCUT2D eigenvalue weighted by Crippen LogP contribution is -2.17. The average Bonchev–Trinajstić information content (AvgIpc) is 3.67. The first-order chi connectivity index (χ1) is 30.0. The Morgan fingerprint density at radius 1 is 0.355 bits per heavy atom. The predicted octanol–water partition coefficient (Wildman–Crippen LogP) is 17.5. The van der Waals surface area contributed by atoms with Gasteiger partial charge in [0.25, 0.3) is 0 Å². The van der Waals surface area contributed by atoms with Crippen molar-refractivity contribution in [3.05, 3.63) is 211 Å². The number of para-hydroxylation sites is 3. The Kier molecular flexibility index (Phi) is 9.68. The molecule has 0 atom stereocenters. The molecule has 0 bridgehead atoms. The van der Waals surface area contributed by atoms with Crippen LogP contribution in [0.3, 0.4) is 0 Å². The summed E-state index contributed by atoms with van der Waals surface area (Å²) in [4.78, 5) is 2.49. The number of nitrogens with zero attached hydrogens (tertiary/aromatic N) is 1. The lowest BCUT2D eigenvalue weighted by Gasteiger charge is -2.31. The number of fused-ring (bicyclic) bond motifs is 4. The highest BCUT2D eigenvalue weighted by Crippen LogP contribution is 2.48. The SMILES string of the molecule is CC(C)(C)c1cc(-c2ccccc2N(c2cccc(-c3ccc4oc5ccccc5c4c3)c2)c2ccccc2-c2cccc3cccc(-c4ccccc4)c23)cc(C(C)(C)C)c1. The van der Waals surface area contributed by atoms with E-state index in [0.717, 1.165) is 55.7 Å². The van der Waals surface area contributed by atoms with E-state index >= 15 is 0 Å². The topological polar surface area (TPSA) is 16.4 Å². The monoisotopic (exact) mass is 801 g/mol. The number of hydrogen-bond donors (Lipinski definition) is 0. The fourth-order valence-electron chi connectivity index (χ4n) is 9.02. The van der Waals surface area contributed by atoms with Gasteiger partial charge in [0.15, 0.2) is 0 Å². The van der Waals surface area contributed by atoms with E-state index in [1.54, 1.807) is 0 Å². The highest BCUT2D eigenvalue weighted by Gasteiger charge is 2.25. The maximum atomic E-state index is 6.25. The van der Waals surface area contributed by atoms with Gasteiger partial charge in [-0.15, -0.1) is 0 Å². The van der Waals surface area contributed by atoms with Gasteiger partial charge in [0.1, 0.15) is 11.2 Å². The standard InChI is InChI=1S/C60H51NO/c1-59(2,3)45-35-44(36-46(39-45)60(4,5)6)48-25-10-13-30-54(48)61(47-24-16-23-42(37-47)43-33-34-57-53(38-43)51-27-12-15-32-56(51)62-57)55-31-14-11-26-50(55)52-29-18-22-41-21-17-28-49(58(41)52)40-19-8-7-9-20-40/h7-39H,1-6H3. The molecular formula is C60H51NO. The fraction of sp³-hybridized carbons (Fsp3) is 0.133. The Balaban J connectivity index is 1.23. The molecule has 10 rings (SSSR count). The molecule has 2 heteroatoms. The van der Waals surface area contributed by atoms with Crippen LogP contribution in [0.5, 0.6) is 0 Å². The van der Waals surface area contributed by atoms with Gasteiger partial charge in [-0.05, 0) is 109 Å². The van der Waals surface area contributed by atoms with Gasteiger partial charge in [-0.1, -0.05) is 199 Å². The summed E-state index contributed by atoms with van der Waals surface area (Å²) in [6, 6.07) is 73.2. The first-order valence-corrected chi connectivity index (χ1v) is 21.8. The molecule has 2 nitrogen and oxygen atoms in total. The van der Waals surface area contributed by atoms with Crippen molar-refractivity contribution in [1.29, 1.82) is 0 Å². The molecule has 0 N–H and O–H groups in total. The van der Waals surface area contributed by atoms with Crippen LogP contribution in [-0.4, -0.2) is 0 Å². The molecule has 10 aromatic rings. The van der Waals surface area contributed by atoms with Crippen molar-refractivity contribution in [2.24, 2.45) is 0 Å². The maximum absolute atomic E-state index is 6.25. The van der Waals surface area contributed by atoms with E-state index in [1.165, 1.54) is 49.7 Å². The number of rotatable bonds is 7. The van der Waals surface area contributed by atoms with Crippen molar-refractivity contribution in [2.75, 3.05) is 4.90 Å². The molecule has 1 heterocycles. The van der Waals surface area contributed by atoms with E-state index < -0.39 is 0 Å². The number of benzene rings is 9. The molecule has 9 aromatic carbocycles. The molecule has 0 unspecified atom stereocenters. The summed E-state index contributed by atoms with van der Waals surface area (Å²) in [6.07, 6.45) is 0. The van der Waals surface area contributed by atoms with E-state index in [0.29, 0.717) is 0 Å². The summed E-state index contributed by atoms with van der Waals surface area (Å²) in [5.41, 5.74) is 17.1. The second kappa shape index (κ2) is 15.4. The van der Waals surface area contributed by atoms with Gasteiger partial charge in [0, 0.05) is 27.6 Å². The first kappa shape index (κ1) is 39.0. The predicted molar refractivity (Wildman–Crippen MR) is 265 cm³/mol. The molecule has 0 radical (unpaired) electrons. The lowest BCUT2D eigenvalue weighted by molar-refractivity contribution is 0.569. The number of hydrogen-bond acceptors (Lipinski definition) is 2. The highest BCUT2D eigenvalue weighted by molar-refractivity contribution is 6.09. The molecule has 1 aromatic heterocycles. The van der Waals surface area contributed by atoms with E-state index in [4.69, 9.17) is 4.42 Å². The van der Waals surface area contributed by atoms with Gasteiger partial charge in [-0.2, -0.15) is 0 Å².